The summed E-state index contributed by atoms with van der Waals surface area (Å²) in [6, 6.07) is 17.7. The zero-order valence-corrected chi connectivity index (χ0v) is 14.0. The summed E-state index contributed by atoms with van der Waals surface area (Å²) >= 11 is 0. The van der Waals surface area contributed by atoms with Crippen LogP contribution >= 0.6 is 0 Å². The van der Waals surface area contributed by atoms with E-state index in [-0.39, 0.29) is 5.91 Å². The number of hydrogen-bond acceptors (Lipinski definition) is 2. The van der Waals surface area contributed by atoms with Crippen LogP contribution in [0.5, 0.6) is 0 Å². The molecule has 0 spiro atoms. The van der Waals surface area contributed by atoms with Crippen molar-refractivity contribution >= 4 is 5.91 Å². The van der Waals surface area contributed by atoms with Gasteiger partial charge in [0.25, 0.3) is 5.91 Å². The van der Waals surface area contributed by atoms with E-state index in [4.69, 9.17) is 0 Å². The molecule has 1 aliphatic rings. The van der Waals surface area contributed by atoms with Gasteiger partial charge in [0.15, 0.2) is 0 Å². The molecular weight excluding hydrogens is 298 g/mol. The highest BCUT2D eigenvalue weighted by Gasteiger charge is 2.17. The van der Waals surface area contributed by atoms with Crippen LogP contribution in [0.2, 0.25) is 0 Å². The summed E-state index contributed by atoms with van der Waals surface area (Å²) < 4.78 is 0. The Morgan fingerprint density at radius 1 is 0.958 bits per heavy atom. The smallest absolute Gasteiger partial charge is 0.277 e. The van der Waals surface area contributed by atoms with E-state index < -0.39 is 0 Å². The molecule has 0 aliphatic heterocycles. The Labute approximate surface area is 143 Å². The van der Waals surface area contributed by atoms with Crippen LogP contribution in [0.1, 0.15) is 59.5 Å². The minimum absolute atomic E-state index is 0.299. The number of rotatable bonds is 5. The van der Waals surface area contributed by atoms with E-state index in [1.54, 1.807) is 0 Å². The topological polar surface area (TPSA) is 40.5 Å². The number of hydroxylamine groups is 2. The first-order valence-corrected chi connectivity index (χ1v) is 8.88. The molecule has 1 saturated carbocycles. The SMILES string of the molecule is O=C(c1ccc(C2CCCCC2)cc1)N(O)CCc1ccccc1. The molecule has 2 aromatic carbocycles. The van der Waals surface area contributed by atoms with E-state index >= 15 is 0 Å². The molecule has 2 aromatic rings. The molecule has 1 amide bonds. The van der Waals surface area contributed by atoms with Crippen LogP contribution < -0.4 is 0 Å². The highest BCUT2D eigenvalue weighted by atomic mass is 16.5. The lowest BCUT2D eigenvalue weighted by Crippen LogP contribution is -2.29. The molecule has 24 heavy (non-hydrogen) atoms. The summed E-state index contributed by atoms with van der Waals surface area (Å²) in [7, 11) is 0. The molecule has 0 saturated heterocycles. The number of nitrogens with zero attached hydrogens (tertiary/aromatic N) is 1. The van der Waals surface area contributed by atoms with Gasteiger partial charge in [-0.1, -0.05) is 61.7 Å². The van der Waals surface area contributed by atoms with E-state index in [0.29, 0.717) is 24.4 Å². The molecule has 0 aromatic heterocycles. The Hall–Kier alpha value is -2.13. The van der Waals surface area contributed by atoms with Crippen molar-refractivity contribution < 1.29 is 10.0 Å². The molecule has 1 fully saturated rings. The maximum absolute atomic E-state index is 12.3. The fourth-order valence-corrected chi connectivity index (χ4v) is 3.46. The normalized spacial score (nSPS) is 15.2. The molecular formula is C21H25NO2. The Bertz CT molecular complexity index is 645. The highest BCUT2D eigenvalue weighted by molar-refractivity contribution is 5.93. The molecule has 1 aliphatic carbocycles. The molecule has 0 bridgehead atoms. The van der Waals surface area contributed by atoms with Crippen molar-refractivity contribution in [1.29, 1.82) is 0 Å². The van der Waals surface area contributed by atoms with Crippen LogP contribution in [0, 0.1) is 0 Å². The third kappa shape index (κ3) is 4.24. The largest absolute Gasteiger partial charge is 0.286 e. The van der Waals surface area contributed by atoms with Gasteiger partial charge in [0.05, 0.1) is 6.54 Å². The molecule has 0 atom stereocenters. The molecule has 0 heterocycles. The number of carbonyl (C=O) groups is 1. The van der Waals surface area contributed by atoms with Gasteiger partial charge in [0.1, 0.15) is 0 Å². The van der Waals surface area contributed by atoms with Crippen LogP contribution in [0.4, 0.5) is 0 Å². The number of benzene rings is 2. The monoisotopic (exact) mass is 323 g/mol. The molecule has 3 rings (SSSR count). The molecule has 3 heteroatoms. The van der Waals surface area contributed by atoms with Gasteiger partial charge in [0.2, 0.25) is 0 Å². The van der Waals surface area contributed by atoms with Crippen LogP contribution in [0.3, 0.4) is 0 Å². The number of carbonyl (C=O) groups excluding carboxylic acids is 1. The summed E-state index contributed by atoms with van der Waals surface area (Å²) in [5.74, 6) is 0.298. The zero-order chi connectivity index (χ0) is 16.8. The predicted octanol–water partition coefficient (Wildman–Crippen LogP) is 4.81. The second-order valence-electron chi connectivity index (χ2n) is 6.62. The average Bonchev–Trinajstić information content (AvgIpc) is 2.67. The van der Waals surface area contributed by atoms with E-state index in [1.165, 1.54) is 37.7 Å². The fraction of sp³-hybridized carbons (Fsp3) is 0.381. The lowest BCUT2D eigenvalue weighted by atomic mass is 9.84. The van der Waals surface area contributed by atoms with E-state index in [1.807, 2.05) is 54.6 Å². The zero-order valence-electron chi connectivity index (χ0n) is 14.0. The Kier molecular flexibility index (Phi) is 5.65. The van der Waals surface area contributed by atoms with Crippen molar-refractivity contribution in [2.24, 2.45) is 0 Å². The number of amides is 1. The van der Waals surface area contributed by atoms with Gasteiger partial charge in [-0.25, -0.2) is 5.06 Å². The average molecular weight is 323 g/mol. The van der Waals surface area contributed by atoms with Crippen LogP contribution in [0.25, 0.3) is 0 Å². The van der Waals surface area contributed by atoms with Crippen molar-refractivity contribution in [3.05, 3.63) is 71.3 Å². The maximum atomic E-state index is 12.3. The molecule has 0 radical (unpaired) electrons. The van der Waals surface area contributed by atoms with Gasteiger partial charge in [-0.05, 0) is 48.4 Å². The third-order valence-corrected chi connectivity index (χ3v) is 4.92. The van der Waals surface area contributed by atoms with Gasteiger partial charge in [-0.15, -0.1) is 0 Å². The minimum atomic E-state index is -0.332. The van der Waals surface area contributed by atoms with Crippen LogP contribution in [-0.2, 0) is 6.42 Å². The Morgan fingerprint density at radius 3 is 2.29 bits per heavy atom. The molecule has 1 N–H and O–H groups in total. The van der Waals surface area contributed by atoms with E-state index in [9.17, 15) is 10.0 Å². The lowest BCUT2D eigenvalue weighted by molar-refractivity contribution is -0.0571. The second kappa shape index (κ2) is 8.11. The molecule has 3 nitrogen and oxygen atoms in total. The van der Waals surface area contributed by atoms with Crippen molar-refractivity contribution in [1.82, 2.24) is 5.06 Å². The van der Waals surface area contributed by atoms with Gasteiger partial charge in [0, 0.05) is 5.56 Å². The molecule has 126 valence electrons. The predicted molar refractivity (Wildman–Crippen MR) is 95.2 cm³/mol. The van der Waals surface area contributed by atoms with Crippen LogP contribution in [-0.4, -0.2) is 22.7 Å². The summed E-state index contributed by atoms with van der Waals surface area (Å²) in [5.41, 5.74) is 2.97. The minimum Gasteiger partial charge on any atom is -0.286 e. The number of hydrogen-bond donors (Lipinski definition) is 1. The standard InChI is InChI=1S/C21H25NO2/c23-21(22(24)16-15-17-7-3-1-4-8-17)20-13-11-19(12-14-20)18-9-5-2-6-10-18/h1,3-4,7-8,11-14,18,24H,2,5-6,9-10,15-16H2. The Morgan fingerprint density at radius 2 is 1.62 bits per heavy atom. The lowest BCUT2D eigenvalue weighted by Gasteiger charge is -2.22. The first-order chi connectivity index (χ1) is 11.7. The first kappa shape index (κ1) is 16.7. The van der Waals surface area contributed by atoms with Gasteiger partial charge in [-0.3, -0.25) is 10.0 Å². The second-order valence-corrected chi connectivity index (χ2v) is 6.62. The Balaban J connectivity index is 1.57. The van der Waals surface area contributed by atoms with Gasteiger partial charge >= 0.3 is 0 Å². The maximum Gasteiger partial charge on any atom is 0.277 e. The van der Waals surface area contributed by atoms with Crippen molar-refractivity contribution in [3.63, 3.8) is 0 Å². The third-order valence-electron chi connectivity index (χ3n) is 4.92. The van der Waals surface area contributed by atoms with Crippen molar-refractivity contribution in [3.8, 4) is 0 Å². The summed E-state index contributed by atoms with van der Waals surface area (Å²) in [5, 5.41) is 10.9. The van der Waals surface area contributed by atoms with Crippen molar-refractivity contribution in [2.75, 3.05) is 6.54 Å². The fourth-order valence-electron chi connectivity index (χ4n) is 3.46. The highest BCUT2D eigenvalue weighted by Crippen LogP contribution is 2.32. The van der Waals surface area contributed by atoms with E-state index in [0.717, 1.165) is 10.6 Å². The molecule has 0 unspecified atom stereocenters. The van der Waals surface area contributed by atoms with Gasteiger partial charge in [-0.2, -0.15) is 0 Å². The summed E-state index contributed by atoms with van der Waals surface area (Å²) in [6.45, 7) is 0.299. The summed E-state index contributed by atoms with van der Waals surface area (Å²) in [6.07, 6.45) is 7.08. The van der Waals surface area contributed by atoms with E-state index in [2.05, 4.69) is 0 Å². The summed E-state index contributed by atoms with van der Waals surface area (Å²) in [4.78, 5) is 12.3. The van der Waals surface area contributed by atoms with Crippen molar-refractivity contribution in [2.45, 2.75) is 44.4 Å². The quantitative estimate of drug-likeness (QED) is 0.634. The first-order valence-electron chi connectivity index (χ1n) is 8.88. The van der Waals surface area contributed by atoms with Crippen LogP contribution in [0.15, 0.2) is 54.6 Å². The van der Waals surface area contributed by atoms with Gasteiger partial charge < -0.3 is 0 Å².